The molecular formula is C15H16FN3O3. The average Bonchev–Trinajstić information content (AvgIpc) is 2.96. The number of carboxylic acid groups (broad SMARTS) is 1. The minimum absolute atomic E-state index is 0.0811. The summed E-state index contributed by atoms with van der Waals surface area (Å²) in [4.78, 5) is 22.2. The summed E-state index contributed by atoms with van der Waals surface area (Å²) < 4.78 is 14.9. The first-order valence-corrected chi connectivity index (χ1v) is 6.88. The summed E-state index contributed by atoms with van der Waals surface area (Å²) in [5, 5.41) is 15.2. The van der Waals surface area contributed by atoms with Gasteiger partial charge in [0, 0.05) is 19.2 Å². The second-order valence-electron chi connectivity index (χ2n) is 4.70. The van der Waals surface area contributed by atoms with Crippen LogP contribution in [0.1, 0.15) is 29.8 Å². The van der Waals surface area contributed by atoms with Crippen molar-refractivity contribution in [3.63, 3.8) is 0 Å². The zero-order valence-corrected chi connectivity index (χ0v) is 11.8. The number of nitrogens with zero attached hydrogens (tertiary/aromatic N) is 2. The number of benzene rings is 1. The number of carbonyl (C=O) groups is 2. The van der Waals surface area contributed by atoms with Gasteiger partial charge in [0.15, 0.2) is 5.69 Å². The number of rotatable bonds is 7. The summed E-state index contributed by atoms with van der Waals surface area (Å²) in [6, 6.07) is 7.64. The third-order valence-electron chi connectivity index (χ3n) is 3.02. The monoisotopic (exact) mass is 305 g/mol. The Morgan fingerprint density at radius 1 is 1.23 bits per heavy atom. The lowest BCUT2D eigenvalue weighted by molar-refractivity contribution is -0.137. The van der Waals surface area contributed by atoms with Crippen molar-refractivity contribution in [3.05, 3.63) is 48.0 Å². The van der Waals surface area contributed by atoms with Gasteiger partial charge in [0.25, 0.3) is 5.91 Å². The van der Waals surface area contributed by atoms with Gasteiger partial charge in [-0.05, 0) is 31.0 Å². The molecule has 22 heavy (non-hydrogen) atoms. The third-order valence-corrected chi connectivity index (χ3v) is 3.02. The maximum atomic E-state index is 13.6. The van der Waals surface area contributed by atoms with Crippen LogP contribution >= 0.6 is 0 Å². The molecule has 1 aromatic carbocycles. The Hall–Kier alpha value is -2.70. The number of hydrogen-bond donors (Lipinski definition) is 2. The fourth-order valence-electron chi connectivity index (χ4n) is 1.91. The SMILES string of the molecule is O=C(O)CCCCNC(=O)c1ccn(-c2ccccc2F)n1. The highest BCUT2D eigenvalue weighted by Crippen LogP contribution is 2.12. The average molecular weight is 305 g/mol. The number of halogens is 1. The molecule has 0 aliphatic carbocycles. The fraction of sp³-hybridized carbons (Fsp3) is 0.267. The normalized spacial score (nSPS) is 10.4. The molecule has 0 saturated carbocycles. The van der Waals surface area contributed by atoms with Gasteiger partial charge in [-0.15, -0.1) is 0 Å². The lowest BCUT2D eigenvalue weighted by Crippen LogP contribution is -2.25. The lowest BCUT2D eigenvalue weighted by atomic mass is 10.2. The van der Waals surface area contributed by atoms with Crippen LogP contribution in [0.25, 0.3) is 5.69 Å². The molecule has 1 aromatic heterocycles. The number of unbranched alkanes of at least 4 members (excludes halogenated alkanes) is 1. The van der Waals surface area contributed by atoms with Crippen LogP contribution in [0.15, 0.2) is 36.5 Å². The molecule has 0 fully saturated rings. The van der Waals surface area contributed by atoms with Crippen LogP contribution in [0.4, 0.5) is 4.39 Å². The number of nitrogens with one attached hydrogen (secondary N) is 1. The molecule has 2 rings (SSSR count). The number of amides is 1. The van der Waals surface area contributed by atoms with E-state index >= 15 is 0 Å². The van der Waals surface area contributed by atoms with Crippen LogP contribution in [0.3, 0.4) is 0 Å². The van der Waals surface area contributed by atoms with E-state index in [0.717, 1.165) is 0 Å². The third kappa shape index (κ3) is 4.15. The molecule has 2 N–H and O–H groups in total. The van der Waals surface area contributed by atoms with E-state index in [-0.39, 0.29) is 23.7 Å². The Kier molecular flexibility index (Phi) is 5.24. The first kappa shape index (κ1) is 15.7. The Labute approximate surface area is 126 Å². The molecule has 116 valence electrons. The first-order chi connectivity index (χ1) is 10.6. The molecule has 0 spiro atoms. The summed E-state index contributed by atoms with van der Waals surface area (Å²) in [6.07, 6.45) is 2.67. The number of aromatic nitrogens is 2. The Balaban J connectivity index is 1.90. The largest absolute Gasteiger partial charge is 0.481 e. The molecule has 0 unspecified atom stereocenters. The van der Waals surface area contributed by atoms with Crippen LogP contribution in [-0.2, 0) is 4.79 Å². The van der Waals surface area contributed by atoms with Gasteiger partial charge in [0.05, 0.1) is 0 Å². The van der Waals surface area contributed by atoms with Crippen LogP contribution in [0, 0.1) is 5.82 Å². The van der Waals surface area contributed by atoms with Gasteiger partial charge in [-0.25, -0.2) is 9.07 Å². The Morgan fingerprint density at radius 2 is 2.00 bits per heavy atom. The maximum absolute atomic E-state index is 13.6. The van der Waals surface area contributed by atoms with E-state index in [1.807, 2.05) is 0 Å². The van der Waals surface area contributed by atoms with Gasteiger partial charge in [-0.1, -0.05) is 12.1 Å². The highest BCUT2D eigenvalue weighted by atomic mass is 19.1. The van der Waals surface area contributed by atoms with Gasteiger partial charge in [0.2, 0.25) is 0 Å². The molecule has 0 bridgehead atoms. The van der Waals surface area contributed by atoms with Crippen molar-refractivity contribution in [2.75, 3.05) is 6.54 Å². The van der Waals surface area contributed by atoms with Crippen molar-refractivity contribution in [2.45, 2.75) is 19.3 Å². The standard InChI is InChI=1S/C15H16FN3O3/c16-11-5-1-2-6-13(11)19-10-8-12(18-19)15(22)17-9-4-3-7-14(20)21/h1-2,5-6,8,10H,3-4,7,9H2,(H,17,22)(H,20,21). The smallest absolute Gasteiger partial charge is 0.303 e. The van der Waals surface area contributed by atoms with E-state index in [9.17, 15) is 14.0 Å². The summed E-state index contributed by atoms with van der Waals surface area (Å²) >= 11 is 0. The van der Waals surface area contributed by atoms with E-state index in [1.165, 1.54) is 23.0 Å². The summed E-state index contributed by atoms with van der Waals surface area (Å²) in [7, 11) is 0. The molecular weight excluding hydrogens is 289 g/mol. The molecule has 0 aliphatic heterocycles. The predicted octanol–water partition coefficient (Wildman–Crippen LogP) is 2.00. The first-order valence-electron chi connectivity index (χ1n) is 6.88. The molecule has 0 saturated heterocycles. The Bertz CT molecular complexity index is 670. The summed E-state index contributed by atoms with van der Waals surface area (Å²) in [5.74, 6) is -1.65. The number of para-hydroxylation sites is 1. The predicted molar refractivity (Wildman–Crippen MR) is 77.3 cm³/mol. The second kappa shape index (κ2) is 7.35. The molecule has 7 heteroatoms. The molecule has 2 aromatic rings. The highest BCUT2D eigenvalue weighted by Gasteiger charge is 2.11. The number of hydrogen-bond acceptors (Lipinski definition) is 3. The number of carbonyl (C=O) groups excluding carboxylic acids is 1. The van der Waals surface area contributed by atoms with Gasteiger partial charge >= 0.3 is 5.97 Å². The van der Waals surface area contributed by atoms with Gasteiger partial charge in [-0.3, -0.25) is 9.59 Å². The minimum atomic E-state index is -0.852. The van der Waals surface area contributed by atoms with Gasteiger partial charge in [0.1, 0.15) is 11.5 Å². The molecule has 1 amide bonds. The van der Waals surface area contributed by atoms with Gasteiger partial charge < -0.3 is 10.4 Å². The molecule has 0 aliphatic rings. The van der Waals surface area contributed by atoms with Crippen LogP contribution in [0.5, 0.6) is 0 Å². The summed E-state index contributed by atoms with van der Waals surface area (Å²) in [5.41, 5.74) is 0.449. The van der Waals surface area contributed by atoms with Crippen molar-refractivity contribution in [3.8, 4) is 5.69 Å². The topological polar surface area (TPSA) is 84.2 Å². The van der Waals surface area contributed by atoms with Crippen molar-refractivity contribution >= 4 is 11.9 Å². The van der Waals surface area contributed by atoms with E-state index in [0.29, 0.717) is 19.4 Å². The highest BCUT2D eigenvalue weighted by molar-refractivity contribution is 5.92. The number of aliphatic carboxylic acids is 1. The van der Waals surface area contributed by atoms with Crippen molar-refractivity contribution in [1.29, 1.82) is 0 Å². The Morgan fingerprint density at radius 3 is 2.73 bits per heavy atom. The quantitative estimate of drug-likeness (QED) is 0.766. The van der Waals surface area contributed by atoms with Crippen molar-refractivity contribution < 1.29 is 19.1 Å². The van der Waals surface area contributed by atoms with Crippen molar-refractivity contribution in [2.24, 2.45) is 0 Å². The fourth-order valence-corrected chi connectivity index (χ4v) is 1.91. The van der Waals surface area contributed by atoms with Crippen LogP contribution in [-0.4, -0.2) is 33.3 Å². The lowest BCUT2D eigenvalue weighted by Gasteiger charge is -2.03. The number of carboxylic acids is 1. The molecule has 6 nitrogen and oxygen atoms in total. The second-order valence-corrected chi connectivity index (χ2v) is 4.70. The zero-order chi connectivity index (χ0) is 15.9. The molecule has 0 atom stereocenters. The molecule has 0 radical (unpaired) electrons. The van der Waals surface area contributed by atoms with E-state index < -0.39 is 11.8 Å². The van der Waals surface area contributed by atoms with Crippen molar-refractivity contribution in [1.82, 2.24) is 15.1 Å². The minimum Gasteiger partial charge on any atom is -0.481 e. The maximum Gasteiger partial charge on any atom is 0.303 e. The van der Waals surface area contributed by atoms with E-state index in [4.69, 9.17) is 5.11 Å². The van der Waals surface area contributed by atoms with Crippen LogP contribution in [0.2, 0.25) is 0 Å². The summed E-state index contributed by atoms with van der Waals surface area (Å²) in [6.45, 7) is 0.374. The zero-order valence-electron chi connectivity index (χ0n) is 11.8. The molecule has 1 heterocycles. The van der Waals surface area contributed by atoms with E-state index in [1.54, 1.807) is 18.2 Å². The van der Waals surface area contributed by atoms with Gasteiger partial charge in [-0.2, -0.15) is 5.10 Å². The van der Waals surface area contributed by atoms with E-state index in [2.05, 4.69) is 10.4 Å². The van der Waals surface area contributed by atoms with Crippen LogP contribution < -0.4 is 5.32 Å².